The highest BCUT2D eigenvalue weighted by Gasteiger charge is 2.28. The molecule has 1 N–H and O–H groups in total. The van der Waals surface area contributed by atoms with Gasteiger partial charge in [-0.15, -0.1) is 10.2 Å². The average Bonchev–Trinajstić information content (AvgIpc) is 3.50. The standard InChI is InChI=1S/C24H28N6O4S/c31-22(28-14-3-5-18(17-28)24-27-26-21-6-1-2-15-30(21)24)12-13-25-35(33,34)20-10-8-19(9-11-20)29-16-4-7-23(29)32/h1-2,6,8-11,15,18,25H,3-5,7,12-14,16-17H2/t18-/m1/s1. The Bertz CT molecular complexity index is 1340. The van der Waals surface area contributed by atoms with Gasteiger partial charge in [-0.2, -0.15) is 0 Å². The lowest BCUT2D eigenvalue weighted by Gasteiger charge is -2.32. The molecular weight excluding hydrogens is 468 g/mol. The van der Waals surface area contributed by atoms with Crippen LogP contribution in [0.4, 0.5) is 5.69 Å². The Morgan fingerprint density at radius 1 is 1.06 bits per heavy atom. The molecule has 0 bridgehead atoms. The number of nitrogens with zero attached hydrogens (tertiary/aromatic N) is 5. The third-order valence-electron chi connectivity index (χ3n) is 6.64. The van der Waals surface area contributed by atoms with Gasteiger partial charge in [0.15, 0.2) is 5.65 Å². The molecule has 184 valence electrons. The molecule has 10 nitrogen and oxygen atoms in total. The maximum absolute atomic E-state index is 12.8. The molecule has 2 saturated heterocycles. The number of pyridine rings is 1. The predicted molar refractivity (Wildman–Crippen MR) is 129 cm³/mol. The lowest BCUT2D eigenvalue weighted by molar-refractivity contribution is -0.132. The lowest BCUT2D eigenvalue weighted by atomic mass is 9.97. The van der Waals surface area contributed by atoms with E-state index in [1.807, 2.05) is 28.8 Å². The third-order valence-corrected chi connectivity index (χ3v) is 8.12. The number of nitrogens with one attached hydrogen (secondary N) is 1. The number of sulfonamides is 1. The van der Waals surface area contributed by atoms with Gasteiger partial charge in [-0.1, -0.05) is 6.07 Å². The number of hydrogen-bond acceptors (Lipinski definition) is 6. The minimum atomic E-state index is -3.76. The number of likely N-dealkylation sites (tertiary alicyclic amines) is 1. The second kappa shape index (κ2) is 9.74. The summed E-state index contributed by atoms with van der Waals surface area (Å²) in [6, 6.07) is 12.0. The molecule has 1 aromatic carbocycles. The van der Waals surface area contributed by atoms with Crippen LogP contribution in [0, 0.1) is 0 Å². The van der Waals surface area contributed by atoms with E-state index in [2.05, 4.69) is 14.9 Å². The first-order valence-electron chi connectivity index (χ1n) is 11.9. The van der Waals surface area contributed by atoms with Crippen molar-refractivity contribution in [3.05, 3.63) is 54.5 Å². The summed E-state index contributed by atoms with van der Waals surface area (Å²) in [5.41, 5.74) is 1.47. The SMILES string of the molecule is O=C(CCNS(=O)(=O)c1ccc(N2CCCC2=O)cc1)N1CCC[C@@H](c2nnc3ccccn23)C1. The number of rotatable bonds is 7. The number of carbonyl (C=O) groups is 2. The normalized spacial score (nSPS) is 19.0. The minimum absolute atomic E-state index is 0.0164. The number of piperidine rings is 1. The number of aromatic nitrogens is 3. The maximum atomic E-state index is 12.8. The van der Waals surface area contributed by atoms with Crippen LogP contribution in [-0.4, -0.2) is 65.9 Å². The molecule has 0 radical (unpaired) electrons. The summed E-state index contributed by atoms with van der Waals surface area (Å²) in [6.07, 6.45) is 5.11. The zero-order valence-electron chi connectivity index (χ0n) is 19.3. The van der Waals surface area contributed by atoms with E-state index in [4.69, 9.17) is 0 Å². The van der Waals surface area contributed by atoms with Crippen LogP contribution in [0.1, 0.15) is 43.8 Å². The van der Waals surface area contributed by atoms with Crippen molar-refractivity contribution >= 4 is 33.2 Å². The van der Waals surface area contributed by atoms with Crippen molar-refractivity contribution in [2.24, 2.45) is 0 Å². The first-order valence-corrected chi connectivity index (χ1v) is 13.4. The summed E-state index contributed by atoms with van der Waals surface area (Å²) in [7, 11) is -3.76. The molecular formula is C24H28N6O4S. The largest absolute Gasteiger partial charge is 0.342 e. The van der Waals surface area contributed by atoms with Crippen LogP contribution < -0.4 is 9.62 Å². The van der Waals surface area contributed by atoms with Gasteiger partial charge in [0.2, 0.25) is 21.8 Å². The highest BCUT2D eigenvalue weighted by Crippen LogP contribution is 2.26. The quantitative estimate of drug-likeness (QED) is 0.534. The number of benzene rings is 1. The molecule has 4 heterocycles. The van der Waals surface area contributed by atoms with Gasteiger partial charge in [-0.3, -0.25) is 14.0 Å². The molecule has 1 atom stereocenters. The Labute approximate surface area is 204 Å². The molecule has 35 heavy (non-hydrogen) atoms. The summed E-state index contributed by atoms with van der Waals surface area (Å²) in [5.74, 6) is 0.893. The van der Waals surface area contributed by atoms with Crippen molar-refractivity contribution in [2.75, 3.05) is 31.1 Å². The van der Waals surface area contributed by atoms with E-state index in [1.54, 1.807) is 21.9 Å². The fourth-order valence-electron chi connectivity index (χ4n) is 4.81. The van der Waals surface area contributed by atoms with Crippen LogP contribution in [0.15, 0.2) is 53.6 Å². The Morgan fingerprint density at radius 2 is 1.89 bits per heavy atom. The molecule has 2 fully saturated rings. The van der Waals surface area contributed by atoms with Gasteiger partial charge in [0.05, 0.1) is 4.90 Å². The second-order valence-electron chi connectivity index (χ2n) is 8.96. The molecule has 5 rings (SSSR count). The molecule has 0 saturated carbocycles. The third kappa shape index (κ3) is 4.92. The van der Waals surface area contributed by atoms with Crippen molar-refractivity contribution < 1.29 is 18.0 Å². The van der Waals surface area contributed by atoms with E-state index in [-0.39, 0.29) is 35.6 Å². The molecule has 2 aliphatic heterocycles. The van der Waals surface area contributed by atoms with Gasteiger partial charge in [0.1, 0.15) is 5.82 Å². The number of anilines is 1. The summed E-state index contributed by atoms with van der Waals surface area (Å²) in [6.45, 7) is 1.85. The monoisotopic (exact) mass is 496 g/mol. The van der Waals surface area contributed by atoms with Crippen molar-refractivity contribution in [2.45, 2.75) is 42.9 Å². The molecule has 0 aliphatic carbocycles. The molecule has 0 unspecified atom stereocenters. The van der Waals surface area contributed by atoms with Gasteiger partial charge < -0.3 is 9.80 Å². The topological polar surface area (TPSA) is 117 Å². The van der Waals surface area contributed by atoms with Gasteiger partial charge in [0, 0.05) is 56.8 Å². The summed E-state index contributed by atoms with van der Waals surface area (Å²) >= 11 is 0. The first-order chi connectivity index (χ1) is 16.9. The van der Waals surface area contributed by atoms with Crippen LogP contribution in [0.5, 0.6) is 0 Å². The highest BCUT2D eigenvalue weighted by atomic mass is 32.2. The second-order valence-corrected chi connectivity index (χ2v) is 10.7. The molecule has 2 amide bonds. The Kier molecular flexibility index (Phi) is 6.52. The van der Waals surface area contributed by atoms with Crippen LogP contribution in [-0.2, 0) is 19.6 Å². The number of amides is 2. The Morgan fingerprint density at radius 3 is 2.66 bits per heavy atom. The zero-order chi connectivity index (χ0) is 24.4. The smallest absolute Gasteiger partial charge is 0.240 e. The van der Waals surface area contributed by atoms with E-state index in [0.717, 1.165) is 30.7 Å². The van der Waals surface area contributed by atoms with E-state index in [1.165, 1.54) is 12.1 Å². The summed E-state index contributed by atoms with van der Waals surface area (Å²) in [5, 5.41) is 8.55. The van der Waals surface area contributed by atoms with Crippen molar-refractivity contribution in [3.8, 4) is 0 Å². The van der Waals surface area contributed by atoms with Crippen LogP contribution in [0.2, 0.25) is 0 Å². The zero-order valence-corrected chi connectivity index (χ0v) is 20.2. The van der Waals surface area contributed by atoms with Crippen LogP contribution in [0.25, 0.3) is 5.65 Å². The summed E-state index contributed by atoms with van der Waals surface area (Å²) in [4.78, 5) is 28.3. The summed E-state index contributed by atoms with van der Waals surface area (Å²) < 4.78 is 29.8. The van der Waals surface area contributed by atoms with Gasteiger partial charge in [-0.05, 0) is 55.7 Å². The fourth-order valence-corrected chi connectivity index (χ4v) is 5.84. The van der Waals surface area contributed by atoms with Gasteiger partial charge in [0.25, 0.3) is 0 Å². The van der Waals surface area contributed by atoms with Crippen molar-refractivity contribution in [3.63, 3.8) is 0 Å². The maximum Gasteiger partial charge on any atom is 0.240 e. The fraction of sp³-hybridized carbons (Fsp3) is 0.417. The molecule has 3 aromatic rings. The first kappa shape index (κ1) is 23.4. The number of hydrogen-bond donors (Lipinski definition) is 1. The molecule has 11 heteroatoms. The minimum Gasteiger partial charge on any atom is -0.342 e. The van der Waals surface area contributed by atoms with Gasteiger partial charge >= 0.3 is 0 Å². The van der Waals surface area contributed by atoms with Gasteiger partial charge in [-0.25, -0.2) is 13.1 Å². The molecule has 2 aromatic heterocycles. The Balaban J connectivity index is 1.16. The van der Waals surface area contributed by atoms with Crippen LogP contribution >= 0.6 is 0 Å². The predicted octanol–water partition coefficient (Wildman–Crippen LogP) is 1.93. The lowest BCUT2D eigenvalue weighted by Crippen LogP contribution is -2.41. The molecule has 0 spiro atoms. The van der Waals surface area contributed by atoms with E-state index >= 15 is 0 Å². The van der Waals surface area contributed by atoms with Crippen molar-refractivity contribution in [1.29, 1.82) is 0 Å². The van der Waals surface area contributed by atoms with Crippen molar-refractivity contribution in [1.82, 2.24) is 24.2 Å². The Hall–Kier alpha value is -3.31. The average molecular weight is 497 g/mol. The molecule has 2 aliphatic rings. The van der Waals surface area contributed by atoms with E-state index < -0.39 is 10.0 Å². The van der Waals surface area contributed by atoms with E-state index in [9.17, 15) is 18.0 Å². The number of fused-ring (bicyclic) bond motifs is 1. The number of carbonyl (C=O) groups excluding carboxylic acids is 2. The van der Waals surface area contributed by atoms with Crippen LogP contribution in [0.3, 0.4) is 0 Å². The highest BCUT2D eigenvalue weighted by molar-refractivity contribution is 7.89. The van der Waals surface area contributed by atoms with E-state index in [0.29, 0.717) is 31.7 Å².